The van der Waals surface area contributed by atoms with Crippen LogP contribution in [0.3, 0.4) is 0 Å². The lowest BCUT2D eigenvalue weighted by molar-refractivity contribution is -0.596. The van der Waals surface area contributed by atoms with Crippen LogP contribution in [0.4, 0.5) is 10.1 Å². The smallest absolute Gasteiger partial charge is 0.304 e. The van der Waals surface area contributed by atoms with Crippen LogP contribution in [0.25, 0.3) is 0 Å². The summed E-state index contributed by atoms with van der Waals surface area (Å²) in [5, 5.41) is 2.84. The molecule has 35 heavy (non-hydrogen) atoms. The summed E-state index contributed by atoms with van der Waals surface area (Å²) in [6, 6.07) is 20.0. The molecule has 0 spiro atoms. The summed E-state index contributed by atoms with van der Waals surface area (Å²) in [7, 11) is 0. The summed E-state index contributed by atoms with van der Waals surface area (Å²) in [5.41, 5.74) is 7.22. The number of hydrazone groups is 1. The molecule has 0 radical (unpaired) electrons. The molecule has 1 fully saturated rings. The van der Waals surface area contributed by atoms with Gasteiger partial charge in [0.05, 0.1) is 0 Å². The number of hydrogen-bond donors (Lipinski definition) is 2. The number of halogens is 1. The summed E-state index contributed by atoms with van der Waals surface area (Å²) in [6.07, 6.45) is 1.87. The molecule has 180 valence electrons. The zero-order valence-corrected chi connectivity index (χ0v) is 20.2. The second kappa shape index (κ2) is 10.5. The highest BCUT2D eigenvalue weighted by Crippen LogP contribution is 2.26. The van der Waals surface area contributed by atoms with Gasteiger partial charge in [0.1, 0.15) is 5.82 Å². The number of aryl methyl sites for hydroxylation is 1. The van der Waals surface area contributed by atoms with E-state index in [-0.39, 0.29) is 11.5 Å². The van der Waals surface area contributed by atoms with Crippen molar-refractivity contribution in [2.45, 2.75) is 32.9 Å². The molecule has 2 N–H and O–H groups in total. The number of nitrogens with one attached hydrogen (secondary N) is 2. The quantitative estimate of drug-likeness (QED) is 0.510. The van der Waals surface area contributed by atoms with E-state index in [0.29, 0.717) is 0 Å². The molecule has 0 unspecified atom stereocenters. The number of amides is 2. The van der Waals surface area contributed by atoms with Crippen molar-refractivity contribution in [3.8, 4) is 0 Å². The van der Waals surface area contributed by atoms with Gasteiger partial charge in [0.15, 0.2) is 6.04 Å². The molecule has 0 saturated carbocycles. The fourth-order valence-electron chi connectivity index (χ4n) is 4.29. The first-order chi connectivity index (χ1) is 16.9. The van der Waals surface area contributed by atoms with E-state index in [9.17, 15) is 14.0 Å². The van der Waals surface area contributed by atoms with Gasteiger partial charge in [-0.25, -0.2) is 4.39 Å². The molecule has 0 bridgehead atoms. The fourth-order valence-corrected chi connectivity index (χ4v) is 4.29. The Morgan fingerprint density at radius 1 is 1.00 bits per heavy atom. The minimum Gasteiger partial charge on any atom is -0.372 e. The summed E-state index contributed by atoms with van der Waals surface area (Å²) < 4.78 is 15.0. The van der Waals surface area contributed by atoms with Crippen molar-refractivity contribution in [3.63, 3.8) is 0 Å². The number of carbonyl (C=O) groups is 2. The number of hydrazine groups is 1. The van der Waals surface area contributed by atoms with Crippen LogP contribution >= 0.6 is 0 Å². The second-order valence-corrected chi connectivity index (χ2v) is 8.59. The zero-order chi connectivity index (χ0) is 24.9. The Hall–Kier alpha value is -4.00. The number of anilines is 1. The number of benzene rings is 3. The van der Waals surface area contributed by atoms with Crippen molar-refractivity contribution in [1.82, 2.24) is 10.7 Å². The predicted molar refractivity (Wildman–Crippen MR) is 135 cm³/mol. The van der Waals surface area contributed by atoms with Gasteiger partial charge in [-0.2, -0.15) is 0 Å². The lowest BCUT2D eigenvalue weighted by atomic mass is 9.98. The normalized spacial score (nSPS) is 18.4. The Balaban J connectivity index is 1.66. The van der Waals surface area contributed by atoms with Gasteiger partial charge in [0, 0.05) is 35.5 Å². The van der Waals surface area contributed by atoms with Crippen molar-refractivity contribution in [3.05, 3.63) is 101 Å². The average molecular weight is 474 g/mol. The maximum absolute atomic E-state index is 13.3. The molecular weight excluding hydrogens is 443 g/mol. The maximum atomic E-state index is 13.3. The molecule has 1 heterocycles. The van der Waals surface area contributed by atoms with Crippen LogP contribution in [-0.4, -0.2) is 41.8 Å². The van der Waals surface area contributed by atoms with Crippen LogP contribution in [-0.2, 0) is 4.79 Å². The summed E-state index contributed by atoms with van der Waals surface area (Å²) in [6.45, 7) is 8.09. The molecule has 1 saturated heterocycles. The minimum atomic E-state index is -0.832. The van der Waals surface area contributed by atoms with Gasteiger partial charge >= 0.3 is 5.91 Å². The van der Waals surface area contributed by atoms with Gasteiger partial charge in [-0.3, -0.25) is 9.59 Å². The monoisotopic (exact) mass is 473 g/mol. The highest BCUT2D eigenvalue weighted by molar-refractivity contribution is 5.98. The molecule has 4 rings (SSSR count). The molecule has 3 aromatic carbocycles. The van der Waals surface area contributed by atoms with Crippen molar-refractivity contribution in [2.75, 3.05) is 18.0 Å². The van der Waals surface area contributed by atoms with Crippen molar-refractivity contribution < 1.29 is 18.7 Å². The SMILES string of the molecule is CCN(CC)c1ccc(/C=[N+]2\NC(=O)[C@H](NC(=O)c3ccc(F)cc3)[C@@H]2c2ccc(C)cc2)cc1. The lowest BCUT2D eigenvalue weighted by Gasteiger charge is -2.20. The third kappa shape index (κ3) is 5.40. The summed E-state index contributed by atoms with van der Waals surface area (Å²) in [4.78, 5) is 28.1. The van der Waals surface area contributed by atoms with E-state index in [0.717, 1.165) is 35.5 Å². The first-order valence-electron chi connectivity index (χ1n) is 11.8. The van der Waals surface area contributed by atoms with Crippen molar-refractivity contribution >= 4 is 23.7 Å². The highest BCUT2D eigenvalue weighted by atomic mass is 19.1. The Morgan fingerprint density at radius 2 is 1.63 bits per heavy atom. The number of hydrogen-bond acceptors (Lipinski definition) is 3. The summed E-state index contributed by atoms with van der Waals surface area (Å²) >= 11 is 0. The van der Waals surface area contributed by atoms with E-state index < -0.39 is 23.8 Å². The minimum absolute atomic E-state index is 0.288. The predicted octanol–water partition coefficient (Wildman–Crippen LogP) is 4.00. The van der Waals surface area contributed by atoms with E-state index in [2.05, 4.69) is 41.6 Å². The number of carbonyl (C=O) groups excluding carboxylic acids is 2. The average Bonchev–Trinajstić information content (AvgIpc) is 3.16. The molecule has 1 aliphatic rings. The van der Waals surface area contributed by atoms with Gasteiger partial charge < -0.3 is 10.2 Å². The van der Waals surface area contributed by atoms with Gasteiger partial charge in [-0.15, -0.1) is 10.1 Å². The summed E-state index contributed by atoms with van der Waals surface area (Å²) in [5.74, 6) is -1.18. The van der Waals surface area contributed by atoms with Crippen LogP contribution in [0.1, 0.15) is 46.9 Å². The Morgan fingerprint density at radius 3 is 2.23 bits per heavy atom. The van der Waals surface area contributed by atoms with Gasteiger partial charge in [0.2, 0.25) is 12.3 Å². The molecule has 1 aliphatic heterocycles. The van der Waals surface area contributed by atoms with Gasteiger partial charge in [0.25, 0.3) is 5.91 Å². The zero-order valence-electron chi connectivity index (χ0n) is 20.2. The molecular formula is C28H30FN4O2+. The first kappa shape index (κ1) is 24.1. The van der Waals surface area contributed by atoms with Crippen LogP contribution in [0.2, 0.25) is 0 Å². The third-order valence-corrected chi connectivity index (χ3v) is 6.26. The van der Waals surface area contributed by atoms with Gasteiger partial charge in [-0.05, 0) is 69.3 Å². The van der Waals surface area contributed by atoms with E-state index >= 15 is 0 Å². The van der Waals surface area contributed by atoms with Crippen molar-refractivity contribution in [1.29, 1.82) is 0 Å². The molecule has 2 amide bonds. The Bertz CT molecular complexity index is 1220. The third-order valence-electron chi connectivity index (χ3n) is 6.26. The van der Waals surface area contributed by atoms with E-state index in [1.165, 1.54) is 24.3 Å². The van der Waals surface area contributed by atoms with Crippen LogP contribution in [0.15, 0.2) is 72.8 Å². The van der Waals surface area contributed by atoms with E-state index in [1.54, 1.807) is 4.68 Å². The molecule has 0 aliphatic carbocycles. The first-order valence-corrected chi connectivity index (χ1v) is 11.8. The Labute approximate surface area is 205 Å². The van der Waals surface area contributed by atoms with E-state index in [4.69, 9.17) is 0 Å². The second-order valence-electron chi connectivity index (χ2n) is 8.59. The van der Waals surface area contributed by atoms with E-state index in [1.807, 2.05) is 49.5 Å². The molecule has 7 heteroatoms. The van der Waals surface area contributed by atoms with Crippen molar-refractivity contribution in [2.24, 2.45) is 0 Å². The largest absolute Gasteiger partial charge is 0.372 e. The molecule has 2 atom stereocenters. The van der Waals surface area contributed by atoms with Crippen LogP contribution in [0.5, 0.6) is 0 Å². The lowest BCUT2D eigenvalue weighted by Crippen LogP contribution is -2.42. The van der Waals surface area contributed by atoms with Crippen LogP contribution in [0, 0.1) is 12.7 Å². The highest BCUT2D eigenvalue weighted by Gasteiger charge is 2.47. The Kier molecular flexibility index (Phi) is 7.25. The fraction of sp³-hybridized carbons (Fsp3) is 0.250. The molecule has 6 nitrogen and oxygen atoms in total. The van der Waals surface area contributed by atoms with Crippen LogP contribution < -0.4 is 15.6 Å². The number of nitrogens with zero attached hydrogens (tertiary/aromatic N) is 2. The van der Waals surface area contributed by atoms with Gasteiger partial charge in [-0.1, -0.05) is 29.8 Å². The maximum Gasteiger partial charge on any atom is 0.304 e. The molecule has 3 aromatic rings. The topological polar surface area (TPSA) is 64.5 Å². The standard InChI is InChI=1S/C28H29FN4O2/c1-4-32(5-2)24-16-8-20(9-17-24)18-33-26(21-10-6-19(3)7-11-21)25(28(35)31-33)30-27(34)22-12-14-23(29)15-13-22/h6-18,25-26H,4-5H2,1-3H3,(H-,30,31,34,35)/p+1/t25-,26+/m1/s1. The molecule has 0 aromatic heterocycles. The number of rotatable bonds is 7.